The number of hydrogen-bond donors (Lipinski definition) is 0. The SMILES string of the molecule is C/C=C(\C)[CH-]CC1OC1(C)CCCC(C)C(OPP)C(C)C(=O)C(C)(C)C(C[C-]=O)OP.[W+2]. The largest absolute Gasteiger partial charge is 2.00 e. The van der Waals surface area contributed by atoms with Gasteiger partial charge < -0.3 is 18.6 Å². The van der Waals surface area contributed by atoms with Gasteiger partial charge in [0.2, 0.25) is 0 Å². The van der Waals surface area contributed by atoms with Gasteiger partial charge in [0.1, 0.15) is 5.78 Å². The van der Waals surface area contributed by atoms with Crippen LogP contribution in [0.25, 0.3) is 0 Å². The van der Waals surface area contributed by atoms with E-state index in [-0.39, 0.29) is 65.3 Å². The third-order valence-electron chi connectivity index (χ3n) is 7.02. The summed E-state index contributed by atoms with van der Waals surface area (Å²) < 4.78 is 17.4. The standard InChI is InChI=1S/C24H43O5P3.W/c1-8-16(2)11-12-20-24(7,27-20)14-9-10-17(3)21(29-32-31)18(4)22(26)23(5,6)19(28-30)13-15-25;/h8,11,17-21,32H,9-10,12-14,30-31H2,1-7H3;/q-2;+2/b16-8+;. The Labute approximate surface area is 222 Å². The van der Waals surface area contributed by atoms with Crippen molar-refractivity contribution in [1.82, 2.24) is 0 Å². The molecule has 5 nitrogen and oxygen atoms in total. The molecule has 9 heteroatoms. The summed E-state index contributed by atoms with van der Waals surface area (Å²) in [4.78, 5) is 24.3. The third kappa shape index (κ3) is 10.00. The van der Waals surface area contributed by atoms with Gasteiger partial charge in [-0.05, 0) is 25.7 Å². The third-order valence-corrected chi connectivity index (χ3v) is 8.17. The molecule has 0 aromatic carbocycles. The molecule has 9 atom stereocenters. The number of allylic oxidation sites excluding steroid dienone is 2. The van der Waals surface area contributed by atoms with Crippen molar-refractivity contribution in [3.63, 3.8) is 0 Å². The monoisotopic (exact) mass is 688 g/mol. The second kappa shape index (κ2) is 15.8. The number of carbonyl (C=O) groups excluding carboxylic acids is 2. The van der Waals surface area contributed by atoms with Crippen LogP contribution >= 0.6 is 26.9 Å². The van der Waals surface area contributed by atoms with Crippen LogP contribution in [-0.4, -0.2) is 36.0 Å². The van der Waals surface area contributed by atoms with E-state index in [0.717, 1.165) is 25.7 Å². The minimum Gasteiger partial charge on any atom is -0.542 e. The molecule has 1 heterocycles. The van der Waals surface area contributed by atoms with Crippen LogP contribution in [0.3, 0.4) is 0 Å². The topological polar surface area (TPSA) is 65.1 Å². The summed E-state index contributed by atoms with van der Waals surface area (Å²) in [6, 6.07) is 0. The average molecular weight is 688 g/mol. The molecule has 190 valence electrons. The van der Waals surface area contributed by atoms with Gasteiger partial charge in [0.15, 0.2) is 0 Å². The predicted octanol–water partition coefficient (Wildman–Crippen LogP) is 6.18. The van der Waals surface area contributed by atoms with Crippen LogP contribution in [0.1, 0.15) is 80.6 Å². The number of rotatable bonds is 17. The Morgan fingerprint density at radius 2 is 2.03 bits per heavy atom. The maximum atomic E-state index is 13.4. The number of ether oxygens (including phenoxy) is 1. The normalized spacial score (nSPS) is 24.6. The molecule has 0 N–H and O–H groups in total. The molecule has 0 spiro atoms. The first-order valence-corrected chi connectivity index (χ1v) is 14.7. The Bertz CT molecular complexity index is 646. The van der Waals surface area contributed by atoms with E-state index < -0.39 is 11.5 Å². The van der Waals surface area contributed by atoms with E-state index >= 15 is 0 Å². The van der Waals surface area contributed by atoms with Gasteiger partial charge in [-0.25, -0.2) is 18.1 Å². The molecule has 1 rings (SSSR count). The van der Waals surface area contributed by atoms with Crippen molar-refractivity contribution in [3.05, 3.63) is 18.1 Å². The predicted molar refractivity (Wildman–Crippen MR) is 140 cm³/mol. The maximum Gasteiger partial charge on any atom is 2.00 e. The van der Waals surface area contributed by atoms with Gasteiger partial charge in [-0.3, -0.25) is 11.1 Å². The summed E-state index contributed by atoms with van der Waals surface area (Å²) in [5.74, 6) is -0.0301. The van der Waals surface area contributed by atoms with Crippen LogP contribution in [0.2, 0.25) is 0 Å². The molecule has 1 saturated heterocycles. The zero-order valence-electron chi connectivity index (χ0n) is 21.2. The molecule has 0 amide bonds. The number of Topliss-reactive ketones (excluding diaryl/α,β-unsaturated/α-hetero) is 1. The summed E-state index contributed by atoms with van der Waals surface area (Å²) in [6.45, 7) is 14.1. The summed E-state index contributed by atoms with van der Waals surface area (Å²) in [6.07, 6.45) is 9.84. The van der Waals surface area contributed by atoms with Crippen LogP contribution in [0.5, 0.6) is 0 Å². The van der Waals surface area contributed by atoms with Gasteiger partial charge >= 0.3 is 21.1 Å². The molecule has 0 bridgehead atoms. The fourth-order valence-corrected chi connectivity index (χ4v) is 5.89. The maximum absolute atomic E-state index is 13.4. The summed E-state index contributed by atoms with van der Waals surface area (Å²) >= 11 is 0. The van der Waals surface area contributed by atoms with Crippen molar-refractivity contribution in [2.24, 2.45) is 17.3 Å². The Balaban J connectivity index is 0.0000102. The number of ketones is 1. The van der Waals surface area contributed by atoms with Crippen LogP contribution in [0.15, 0.2) is 11.6 Å². The second-order valence-corrected chi connectivity index (χ2v) is 11.3. The quantitative estimate of drug-likeness (QED) is 0.104. The van der Waals surface area contributed by atoms with Gasteiger partial charge in [-0.15, -0.1) is 13.3 Å². The van der Waals surface area contributed by atoms with Crippen molar-refractivity contribution < 1.29 is 44.4 Å². The van der Waals surface area contributed by atoms with E-state index in [4.69, 9.17) is 13.8 Å². The Hall–Kier alpha value is 0.808. The van der Waals surface area contributed by atoms with Crippen molar-refractivity contribution in [2.45, 2.75) is 104 Å². The van der Waals surface area contributed by atoms with E-state index in [0.29, 0.717) is 6.10 Å². The van der Waals surface area contributed by atoms with Gasteiger partial charge in [-0.1, -0.05) is 56.4 Å². The first-order chi connectivity index (χ1) is 15.0. The van der Waals surface area contributed by atoms with E-state index in [9.17, 15) is 9.59 Å². The molecular weight excluding hydrogens is 645 g/mol. The van der Waals surface area contributed by atoms with E-state index in [1.165, 1.54) is 5.57 Å². The Morgan fingerprint density at radius 3 is 2.55 bits per heavy atom. The van der Waals surface area contributed by atoms with Crippen LogP contribution in [-0.2, 0) is 44.4 Å². The molecule has 0 saturated carbocycles. The van der Waals surface area contributed by atoms with Gasteiger partial charge in [0.25, 0.3) is 0 Å². The first-order valence-electron chi connectivity index (χ1n) is 11.5. The van der Waals surface area contributed by atoms with Crippen LogP contribution < -0.4 is 0 Å². The van der Waals surface area contributed by atoms with E-state index in [2.05, 4.69) is 58.6 Å². The first kappa shape index (κ1) is 33.8. The van der Waals surface area contributed by atoms with Gasteiger partial charge in [-0.2, -0.15) is 0 Å². The molecule has 1 aliphatic rings. The molecule has 1 fully saturated rings. The van der Waals surface area contributed by atoms with Crippen LogP contribution in [0, 0.1) is 23.7 Å². The molecular formula is C24H43O5P3W. The summed E-state index contributed by atoms with van der Waals surface area (Å²) in [5.41, 5.74) is 0.436. The fourth-order valence-electron chi connectivity index (χ4n) is 4.39. The number of hydrogen-bond acceptors (Lipinski definition) is 5. The van der Waals surface area contributed by atoms with Crippen LogP contribution in [0.4, 0.5) is 0 Å². The molecule has 33 heavy (non-hydrogen) atoms. The molecule has 9 unspecified atom stereocenters. The fraction of sp³-hybridized carbons (Fsp3) is 0.792. The smallest absolute Gasteiger partial charge is 0.542 e. The zero-order chi connectivity index (χ0) is 24.5. The van der Waals surface area contributed by atoms with Gasteiger partial charge in [0.05, 0.1) is 17.8 Å². The summed E-state index contributed by atoms with van der Waals surface area (Å²) in [7, 11) is 5.02. The number of epoxide rings is 1. The van der Waals surface area contributed by atoms with E-state index in [1.807, 2.05) is 27.1 Å². The zero-order valence-corrected chi connectivity index (χ0v) is 27.4. The van der Waals surface area contributed by atoms with E-state index in [1.54, 1.807) is 0 Å². The van der Waals surface area contributed by atoms with Gasteiger partial charge in [0, 0.05) is 35.4 Å². The molecule has 0 aromatic rings. The van der Waals surface area contributed by atoms with Crippen molar-refractivity contribution in [2.75, 3.05) is 0 Å². The Morgan fingerprint density at radius 1 is 1.39 bits per heavy atom. The number of carbonyl (C=O) groups is 1. The van der Waals surface area contributed by atoms with Crippen molar-refractivity contribution >= 4 is 39.0 Å². The minimum atomic E-state index is -0.811. The molecule has 0 aromatic heterocycles. The van der Waals surface area contributed by atoms with Crippen molar-refractivity contribution in [1.29, 1.82) is 0 Å². The molecule has 0 radical (unpaired) electrons. The molecule has 0 aliphatic carbocycles. The minimum absolute atomic E-state index is 0. The van der Waals surface area contributed by atoms with Crippen molar-refractivity contribution in [3.8, 4) is 0 Å². The summed E-state index contributed by atoms with van der Waals surface area (Å²) in [5, 5.41) is 0. The molecule has 1 aliphatic heterocycles. The second-order valence-electron chi connectivity index (χ2n) is 9.81. The average Bonchev–Trinajstić information content (AvgIpc) is 3.41. The Kier molecular flexibility index (Phi) is 16.2.